The van der Waals surface area contributed by atoms with Crippen LogP contribution in [0.2, 0.25) is 0 Å². The van der Waals surface area contributed by atoms with Gasteiger partial charge in [0.2, 0.25) is 0 Å². The average Bonchev–Trinajstić information content (AvgIpc) is 2.19. The summed E-state index contributed by atoms with van der Waals surface area (Å²) in [7, 11) is 0. The third-order valence-electron chi connectivity index (χ3n) is 1.06. The highest BCUT2D eigenvalue weighted by molar-refractivity contribution is 5.25. The van der Waals surface area contributed by atoms with Gasteiger partial charge in [-0.05, 0) is 0 Å². The fraction of sp³-hybridized carbons (Fsp3) is 0.100. The van der Waals surface area contributed by atoms with Crippen molar-refractivity contribution in [3.05, 3.63) is 54.3 Å². The normalized spacial score (nSPS) is 7.50. The van der Waals surface area contributed by atoms with Crippen LogP contribution in [0, 0.1) is 49.2 Å². The van der Waals surface area contributed by atoms with Gasteiger partial charge in [-0.1, -0.05) is 12.2 Å². The van der Waals surface area contributed by atoms with Crippen molar-refractivity contribution < 1.29 is 0 Å². The Morgan fingerprint density at radius 1 is 1.21 bits per heavy atom. The topological polar surface area (TPSA) is 56.3 Å². The second kappa shape index (κ2) is 8.41. The first-order chi connectivity index (χ1) is 6.28. The zero-order valence-electron chi connectivity index (χ0n) is 7.60. The lowest BCUT2D eigenvalue weighted by molar-refractivity contribution is 1.09. The summed E-state index contributed by atoms with van der Waals surface area (Å²) in [6.07, 6.45) is 3.96. The van der Waals surface area contributed by atoms with Gasteiger partial charge in [-0.25, -0.2) is 0 Å². The molecule has 0 saturated carbocycles. The van der Waals surface area contributed by atoms with E-state index in [4.69, 9.17) is 23.7 Å². The van der Waals surface area contributed by atoms with Crippen molar-refractivity contribution in [1.82, 2.24) is 0 Å². The van der Waals surface area contributed by atoms with Gasteiger partial charge < -0.3 is 0 Å². The Bertz CT molecular complexity index is 360. The molecule has 0 aliphatic heterocycles. The van der Waals surface area contributed by atoms with Crippen LogP contribution in [0.3, 0.4) is 0 Å². The van der Waals surface area contributed by atoms with E-state index in [9.17, 15) is 0 Å². The largest absolute Gasteiger partial charge is 0.519 e. The van der Waals surface area contributed by atoms with Gasteiger partial charge in [0.15, 0.2) is 5.92 Å². The summed E-state index contributed by atoms with van der Waals surface area (Å²) in [6.45, 7) is 13.0. The van der Waals surface area contributed by atoms with Crippen LogP contribution in [-0.4, -0.2) is 0 Å². The summed E-state index contributed by atoms with van der Waals surface area (Å²) in [5.41, 5.74) is 0. The van der Waals surface area contributed by atoms with E-state index in [0.717, 1.165) is 0 Å². The summed E-state index contributed by atoms with van der Waals surface area (Å²) in [5.74, 6) is -0.917. The molecule has 0 bridgehead atoms. The fourth-order valence-electron chi connectivity index (χ4n) is 0.467. The molecule has 0 aromatic carbocycles. The molecule has 0 aliphatic rings. The van der Waals surface area contributed by atoms with Crippen LogP contribution in [0.25, 0.3) is 9.69 Å². The maximum atomic E-state index is 8.34. The first kappa shape index (κ1) is 13.9. The fourth-order valence-corrected chi connectivity index (χ4v) is 0.467. The molecule has 0 rings (SSSR count). The molecule has 0 heterocycles. The first-order valence-corrected chi connectivity index (χ1v) is 3.21. The number of hydrogen-bond acceptors (Lipinski definition) is 2. The number of nitriles is 2. The van der Waals surface area contributed by atoms with E-state index in [1.165, 1.54) is 18.2 Å². The van der Waals surface area contributed by atoms with Crippen LogP contribution >= 0.6 is 0 Å². The highest BCUT2D eigenvalue weighted by atomic mass is 14.9. The zero-order chi connectivity index (χ0) is 10.1. The number of allylic oxidation sites excluding steroid dienone is 3. The zero-order valence-corrected chi connectivity index (χ0v) is 7.60. The summed E-state index contributed by atoms with van der Waals surface area (Å²) in [4.78, 5) is 5.79. The molecular weight excluding hydrogens is 176 g/mol. The third-order valence-corrected chi connectivity index (χ3v) is 1.06. The second-order valence-electron chi connectivity index (χ2n) is 1.87. The molecule has 14 heavy (non-hydrogen) atoms. The lowest BCUT2D eigenvalue weighted by atomic mass is 10.2. The summed E-state index contributed by atoms with van der Waals surface area (Å²) >= 11 is 0. The quantitative estimate of drug-likeness (QED) is 0.487. The van der Waals surface area contributed by atoms with Crippen LogP contribution in [0.4, 0.5) is 0 Å². The third kappa shape index (κ3) is 5.03. The van der Waals surface area contributed by atoms with E-state index in [0.29, 0.717) is 0 Å². The van der Waals surface area contributed by atoms with E-state index in [1.807, 2.05) is 0 Å². The molecule has 4 heteroatoms. The van der Waals surface area contributed by atoms with Crippen molar-refractivity contribution in [3.8, 4) is 12.1 Å². The van der Waals surface area contributed by atoms with Crippen LogP contribution in [0.5, 0.6) is 0 Å². The van der Waals surface area contributed by atoms with Crippen molar-refractivity contribution >= 4 is 0 Å². The molecule has 0 aliphatic carbocycles. The minimum Gasteiger partial charge on any atom is -0.197 e. The molecule has 0 aromatic heterocycles. The smallest absolute Gasteiger partial charge is 0.197 e. The van der Waals surface area contributed by atoms with E-state index in [-0.39, 0.29) is 13.2 Å². The molecule has 0 saturated heterocycles. The summed E-state index contributed by atoms with van der Waals surface area (Å²) in [6, 6.07) is 3.46. The van der Waals surface area contributed by atoms with E-state index >= 15 is 0 Å². The Balaban J connectivity index is 0. The van der Waals surface area contributed by atoms with E-state index < -0.39 is 5.92 Å². The maximum absolute atomic E-state index is 8.34. The van der Waals surface area contributed by atoms with Gasteiger partial charge >= 0.3 is 5.82 Å². The Hall–Kier alpha value is -2.69. The molecule has 4 nitrogen and oxygen atoms in total. The predicted molar refractivity (Wildman–Crippen MR) is 51.6 cm³/mol. The summed E-state index contributed by atoms with van der Waals surface area (Å²) < 4.78 is 0. The monoisotopic (exact) mass is 183 g/mol. The van der Waals surface area contributed by atoms with Crippen LogP contribution < -0.4 is 0 Å². The van der Waals surface area contributed by atoms with Crippen LogP contribution in [0.1, 0.15) is 0 Å². The second-order valence-corrected chi connectivity index (χ2v) is 1.87. The Kier molecular flexibility index (Phi) is 8.33. The van der Waals surface area contributed by atoms with Gasteiger partial charge in [-0.2, -0.15) is 20.2 Å². The van der Waals surface area contributed by atoms with Crippen LogP contribution in [0.15, 0.2) is 24.0 Å². The lowest BCUT2D eigenvalue weighted by Crippen LogP contribution is -1.83. The Morgan fingerprint density at radius 3 is 2.07 bits per heavy atom. The molecule has 0 N–H and O–H groups in total. The maximum Gasteiger partial charge on any atom is 0.519 e. The number of hydrogen-bond donors (Lipinski definition) is 0. The standard InChI is InChI=1S/C9H4N4.CH3/c1-12-9(13-2)5-3-4-8(6-10)7-11;/h3-5,8H;1H3/q;+1. The molecule has 0 fully saturated rings. The average molecular weight is 183 g/mol. The Labute approximate surface area is 83.6 Å². The molecule has 0 radical (unpaired) electrons. The molecule has 0 aromatic rings. The van der Waals surface area contributed by atoms with Crippen molar-refractivity contribution in [2.45, 2.75) is 0 Å². The van der Waals surface area contributed by atoms with E-state index in [2.05, 4.69) is 9.69 Å². The molecule has 0 unspecified atom stereocenters. The minimum atomic E-state index is -0.825. The molecule has 0 amide bonds. The van der Waals surface area contributed by atoms with Crippen molar-refractivity contribution in [2.75, 3.05) is 0 Å². The van der Waals surface area contributed by atoms with Gasteiger partial charge in [0, 0.05) is 13.5 Å². The number of rotatable bonds is 2. The number of nitrogens with zero attached hydrogens (tertiary/aromatic N) is 4. The van der Waals surface area contributed by atoms with Crippen molar-refractivity contribution in [3.63, 3.8) is 0 Å². The predicted octanol–water partition coefficient (Wildman–Crippen LogP) is 2.34. The van der Waals surface area contributed by atoms with Crippen molar-refractivity contribution in [2.24, 2.45) is 5.92 Å². The highest BCUT2D eigenvalue weighted by Crippen LogP contribution is 2.00. The van der Waals surface area contributed by atoms with Gasteiger partial charge in [0.25, 0.3) is 0 Å². The Morgan fingerprint density at radius 2 is 1.71 bits per heavy atom. The lowest BCUT2D eigenvalue weighted by Gasteiger charge is -1.82. The minimum absolute atomic E-state index is 0. The van der Waals surface area contributed by atoms with Gasteiger partial charge in [0.1, 0.15) is 13.1 Å². The first-order valence-electron chi connectivity index (χ1n) is 3.21. The molecule has 0 spiro atoms. The van der Waals surface area contributed by atoms with Gasteiger partial charge in [0.05, 0.1) is 12.1 Å². The van der Waals surface area contributed by atoms with Crippen molar-refractivity contribution in [1.29, 1.82) is 10.5 Å². The van der Waals surface area contributed by atoms with Gasteiger partial charge in [-0.15, -0.1) is 0 Å². The highest BCUT2D eigenvalue weighted by Gasteiger charge is 1.99. The molecular formula is C10H7N4+. The SMILES string of the molecule is [C-]#[N+]C(=CC=CC(C#N)C#N)[N+]#[C-].[CH3+]. The molecule has 0 atom stereocenters. The summed E-state index contributed by atoms with van der Waals surface area (Å²) in [5, 5.41) is 16.7. The van der Waals surface area contributed by atoms with E-state index in [1.54, 1.807) is 12.1 Å². The van der Waals surface area contributed by atoms with Gasteiger partial charge in [-0.3, -0.25) is 0 Å². The molecule has 66 valence electrons. The van der Waals surface area contributed by atoms with Crippen LogP contribution in [-0.2, 0) is 0 Å².